The zero-order chi connectivity index (χ0) is 23.7. The third kappa shape index (κ3) is 9.56. The van der Waals surface area contributed by atoms with Gasteiger partial charge >= 0.3 is 0 Å². The molecule has 6 nitrogen and oxygen atoms in total. The number of rotatable bonds is 16. The summed E-state index contributed by atoms with van der Waals surface area (Å²) in [7, 11) is 0. The lowest BCUT2D eigenvalue weighted by atomic mass is 10.0. The molecule has 0 aliphatic rings. The van der Waals surface area contributed by atoms with Crippen molar-refractivity contribution in [3.8, 4) is 11.5 Å². The first kappa shape index (κ1) is 26.2. The van der Waals surface area contributed by atoms with E-state index in [-0.39, 0.29) is 0 Å². The van der Waals surface area contributed by atoms with Gasteiger partial charge in [-0.15, -0.1) is 0 Å². The Morgan fingerprint density at radius 1 is 0.606 bits per heavy atom. The fourth-order valence-electron chi connectivity index (χ4n) is 3.55. The van der Waals surface area contributed by atoms with Gasteiger partial charge < -0.3 is 19.9 Å². The van der Waals surface area contributed by atoms with E-state index >= 15 is 0 Å². The molecule has 0 aliphatic carbocycles. The zero-order valence-corrected chi connectivity index (χ0v) is 20.0. The second-order valence-corrected chi connectivity index (χ2v) is 8.11. The fourth-order valence-corrected chi connectivity index (χ4v) is 3.55. The van der Waals surface area contributed by atoms with Gasteiger partial charge in [-0.25, -0.2) is 0 Å². The van der Waals surface area contributed by atoms with Crippen LogP contribution in [0.25, 0.3) is 0 Å². The van der Waals surface area contributed by atoms with Crippen molar-refractivity contribution in [1.29, 1.82) is 0 Å². The van der Waals surface area contributed by atoms with Crippen LogP contribution in [0.3, 0.4) is 0 Å². The van der Waals surface area contributed by atoms with E-state index in [1.807, 2.05) is 48.5 Å². The minimum absolute atomic E-state index is 0.701. The number of hydrogen-bond acceptors (Lipinski definition) is 6. The van der Waals surface area contributed by atoms with Crippen LogP contribution in [-0.2, 0) is 0 Å². The van der Waals surface area contributed by atoms with Crippen molar-refractivity contribution in [2.24, 2.45) is 10.3 Å². The molecule has 0 heterocycles. The van der Waals surface area contributed by atoms with Gasteiger partial charge in [0.25, 0.3) is 0 Å². The Morgan fingerprint density at radius 2 is 0.970 bits per heavy atom. The van der Waals surface area contributed by atoms with Gasteiger partial charge in [0.1, 0.15) is 11.5 Å². The molecule has 0 aromatic heterocycles. The average Bonchev–Trinajstić information content (AvgIpc) is 2.86. The molecule has 2 aromatic rings. The van der Waals surface area contributed by atoms with E-state index < -0.39 is 0 Å². The second kappa shape index (κ2) is 15.7. The molecule has 6 heteroatoms. The summed E-state index contributed by atoms with van der Waals surface area (Å²) in [6.45, 7) is 5.55. The van der Waals surface area contributed by atoms with Gasteiger partial charge in [0.2, 0.25) is 0 Å². The Kier molecular flexibility index (Phi) is 12.5. The van der Waals surface area contributed by atoms with E-state index in [1.54, 1.807) is 0 Å². The Balaban J connectivity index is 1.66. The van der Waals surface area contributed by atoms with Gasteiger partial charge in [0.05, 0.1) is 24.6 Å². The van der Waals surface area contributed by atoms with Crippen molar-refractivity contribution in [3.05, 3.63) is 59.7 Å². The molecule has 2 aromatic carbocycles. The lowest BCUT2D eigenvalue weighted by Crippen LogP contribution is -2.03. The van der Waals surface area contributed by atoms with Crippen LogP contribution < -0.4 is 9.47 Å². The van der Waals surface area contributed by atoms with Gasteiger partial charge in [0, 0.05) is 0 Å². The molecule has 0 aliphatic heterocycles. The third-order valence-corrected chi connectivity index (χ3v) is 5.39. The molecule has 0 saturated heterocycles. The first-order chi connectivity index (χ1) is 16.2. The number of oxime groups is 2. The minimum atomic E-state index is 0.701. The smallest absolute Gasteiger partial charge is 0.119 e. The normalized spacial score (nSPS) is 12.1. The number of hydrogen-bond donors (Lipinski definition) is 2. The first-order valence-electron chi connectivity index (χ1n) is 12.1. The molecule has 0 radical (unpaired) electrons. The predicted octanol–water partition coefficient (Wildman–Crippen LogP) is 7.05. The van der Waals surface area contributed by atoms with Gasteiger partial charge in [-0.2, -0.15) is 0 Å². The van der Waals surface area contributed by atoms with Crippen LogP contribution in [0.5, 0.6) is 11.5 Å². The molecule has 2 rings (SSSR count). The van der Waals surface area contributed by atoms with Crippen LogP contribution in [0.15, 0.2) is 58.8 Å². The van der Waals surface area contributed by atoms with Crippen molar-refractivity contribution in [2.75, 3.05) is 13.2 Å². The Hall–Kier alpha value is -3.02. The summed E-state index contributed by atoms with van der Waals surface area (Å²) in [5.74, 6) is 1.67. The maximum absolute atomic E-state index is 9.40. The lowest BCUT2D eigenvalue weighted by molar-refractivity contribution is 0.316. The van der Waals surface area contributed by atoms with Crippen molar-refractivity contribution >= 4 is 11.4 Å². The average molecular weight is 455 g/mol. The molecule has 0 spiro atoms. The number of ether oxygens (including phenoxy) is 2. The molecule has 0 bridgehead atoms. The van der Waals surface area contributed by atoms with E-state index in [0.29, 0.717) is 24.6 Å². The van der Waals surface area contributed by atoms with Crippen molar-refractivity contribution in [3.63, 3.8) is 0 Å². The minimum Gasteiger partial charge on any atom is -0.494 e. The highest BCUT2D eigenvalue weighted by atomic mass is 16.5. The lowest BCUT2D eigenvalue weighted by Gasteiger charge is -2.08. The maximum atomic E-state index is 9.40. The van der Waals surface area contributed by atoms with E-state index in [2.05, 4.69) is 24.2 Å². The summed E-state index contributed by atoms with van der Waals surface area (Å²) in [5, 5.41) is 25.8. The topological polar surface area (TPSA) is 83.6 Å². The molecular weight excluding hydrogens is 416 g/mol. The number of unbranched alkanes of at least 4 members (excludes halogenated alkanes) is 4. The molecule has 0 unspecified atom stereocenters. The maximum Gasteiger partial charge on any atom is 0.119 e. The fraction of sp³-hybridized carbons (Fsp3) is 0.481. The van der Waals surface area contributed by atoms with E-state index in [4.69, 9.17) is 9.47 Å². The third-order valence-electron chi connectivity index (χ3n) is 5.39. The monoisotopic (exact) mass is 454 g/mol. The standard InChI is InChI=1S/C27H38N2O4/c1-3-20-32-24-16-12-22(13-17-24)26(28-30)10-8-6-5-7-9-11-27(29-31)23-14-18-25(19-15-23)33-21-4-2/h12-19,30-31H,3-11,20-21H2,1-2H3/b28-26-,29-27-. The van der Waals surface area contributed by atoms with Crippen LogP contribution in [0.1, 0.15) is 82.8 Å². The Labute approximate surface area is 197 Å². The van der Waals surface area contributed by atoms with Crippen molar-refractivity contribution in [1.82, 2.24) is 0 Å². The summed E-state index contributed by atoms with van der Waals surface area (Å²) in [4.78, 5) is 0. The van der Waals surface area contributed by atoms with Crippen LogP contribution in [0, 0.1) is 0 Å². The van der Waals surface area contributed by atoms with Crippen LogP contribution >= 0.6 is 0 Å². The molecule has 0 atom stereocenters. The van der Waals surface area contributed by atoms with E-state index in [0.717, 1.165) is 80.4 Å². The molecule has 180 valence electrons. The second-order valence-electron chi connectivity index (χ2n) is 8.11. The molecule has 2 N–H and O–H groups in total. The number of benzene rings is 2. The first-order valence-corrected chi connectivity index (χ1v) is 12.1. The number of nitrogens with zero attached hydrogens (tertiary/aromatic N) is 2. The van der Waals surface area contributed by atoms with Gasteiger partial charge in [-0.3, -0.25) is 0 Å². The summed E-state index contributed by atoms with van der Waals surface area (Å²) in [6, 6.07) is 15.4. The van der Waals surface area contributed by atoms with Crippen molar-refractivity contribution < 1.29 is 19.9 Å². The molecular formula is C27H38N2O4. The van der Waals surface area contributed by atoms with E-state index in [9.17, 15) is 10.4 Å². The summed E-state index contributed by atoms with van der Waals surface area (Å²) < 4.78 is 11.2. The molecule has 0 fully saturated rings. The zero-order valence-electron chi connectivity index (χ0n) is 20.0. The highest BCUT2D eigenvalue weighted by molar-refractivity contribution is 6.00. The van der Waals surface area contributed by atoms with Gasteiger partial charge in [-0.05, 0) is 98.2 Å². The SMILES string of the molecule is CCCOc1ccc(/C(CCCCCCC/C(=N/O)c2ccc(OCCC)cc2)=N\O)cc1. The van der Waals surface area contributed by atoms with Crippen LogP contribution in [0.2, 0.25) is 0 Å². The molecule has 33 heavy (non-hydrogen) atoms. The Morgan fingerprint density at radius 3 is 1.30 bits per heavy atom. The van der Waals surface area contributed by atoms with E-state index in [1.165, 1.54) is 0 Å². The summed E-state index contributed by atoms with van der Waals surface area (Å²) in [6.07, 6.45) is 8.56. The van der Waals surface area contributed by atoms with Gasteiger partial charge in [0.15, 0.2) is 0 Å². The summed E-state index contributed by atoms with van der Waals surface area (Å²) >= 11 is 0. The van der Waals surface area contributed by atoms with Crippen LogP contribution in [0.4, 0.5) is 0 Å². The Bertz CT molecular complexity index is 774. The quantitative estimate of drug-likeness (QED) is 0.123. The molecule has 0 amide bonds. The highest BCUT2D eigenvalue weighted by Gasteiger charge is 2.07. The largest absolute Gasteiger partial charge is 0.494 e. The van der Waals surface area contributed by atoms with Gasteiger partial charge in [-0.1, -0.05) is 43.4 Å². The van der Waals surface area contributed by atoms with Crippen LogP contribution in [-0.4, -0.2) is 35.1 Å². The van der Waals surface area contributed by atoms with Crippen molar-refractivity contribution in [2.45, 2.75) is 71.6 Å². The molecule has 0 saturated carbocycles. The summed E-state index contributed by atoms with van der Waals surface area (Å²) in [5.41, 5.74) is 3.27. The highest BCUT2D eigenvalue weighted by Crippen LogP contribution is 2.18. The predicted molar refractivity (Wildman–Crippen MR) is 133 cm³/mol.